The summed E-state index contributed by atoms with van der Waals surface area (Å²) in [7, 11) is 0. The molecule has 0 aliphatic heterocycles. The molecular weight excluding hydrogens is 118 g/mol. The zero-order valence-electron chi connectivity index (χ0n) is 5.76. The van der Waals surface area contributed by atoms with Crippen LogP contribution in [0.3, 0.4) is 0 Å². The summed E-state index contributed by atoms with van der Waals surface area (Å²) >= 11 is 0. The van der Waals surface area contributed by atoms with E-state index in [-0.39, 0.29) is 5.78 Å². The molecular formula is C6H11NO2. The molecule has 0 aliphatic rings. The van der Waals surface area contributed by atoms with Crippen LogP contribution < -0.4 is 0 Å². The van der Waals surface area contributed by atoms with Crippen molar-refractivity contribution in [2.75, 3.05) is 0 Å². The van der Waals surface area contributed by atoms with Gasteiger partial charge in [0.2, 0.25) is 0 Å². The number of carbonyl (C=O) groups is 1. The average Bonchev–Trinajstić information content (AvgIpc) is 1.87. The van der Waals surface area contributed by atoms with Crippen molar-refractivity contribution in [1.29, 1.82) is 0 Å². The molecule has 1 atom stereocenters. The lowest BCUT2D eigenvalue weighted by Gasteiger charge is -1.96. The maximum absolute atomic E-state index is 10.7. The van der Waals surface area contributed by atoms with Crippen molar-refractivity contribution in [3.8, 4) is 0 Å². The van der Waals surface area contributed by atoms with Crippen LogP contribution in [-0.2, 0) is 4.79 Å². The van der Waals surface area contributed by atoms with Crippen LogP contribution in [0.1, 0.15) is 26.7 Å². The number of carbonyl (C=O) groups excluding carboxylic acids is 1. The van der Waals surface area contributed by atoms with Gasteiger partial charge in [-0.3, -0.25) is 4.79 Å². The minimum absolute atomic E-state index is 0.0625. The van der Waals surface area contributed by atoms with Crippen molar-refractivity contribution in [1.82, 2.24) is 0 Å². The first-order valence-electron chi connectivity index (χ1n) is 3.07. The van der Waals surface area contributed by atoms with Crippen LogP contribution in [0.2, 0.25) is 0 Å². The lowest BCUT2D eigenvalue weighted by Crippen LogP contribution is -2.12. The van der Waals surface area contributed by atoms with Crippen LogP contribution in [0, 0.1) is 4.91 Å². The molecule has 1 unspecified atom stereocenters. The monoisotopic (exact) mass is 129 g/mol. The van der Waals surface area contributed by atoms with E-state index in [1.165, 1.54) is 6.92 Å². The standard InChI is InChI=1S/C6H11NO2/c1-3-4-6(8)5(2)7-9/h5H,3-4H2,1-2H3. The summed E-state index contributed by atoms with van der Waals surface area (Å²) in [5, 5.41) is 2.61. The summed E-state index contributed by atoms with van der Waals surface area (Å²) in [6.45, 7) is 3.42. The predicted octanol–water partition coefficient (Wildman–Crippen LogP) is 1.51. The van der Waals surface area contributed by atoms with Gasteiger partial charge < -0.3 is 0 Å². The van der Waals surface area contributed by atoms with Gasteiger partial charge in [-0.2, -0.15) is 4.91 Å². The third-order valence-corrected chi connectivity index (χ3v) is 1.12. The van der Waals surface area contributed by atoms with E-state index in [2.05, 4.69) is 5.18 Å². The van der Waals surface area contributed by atoms with E-state index in [0.717, 1.165) is 6.42 Å². The molecule has 0 aromatic rings. The summed E-state index contributed by atoms with van der Waals surface area (Å²) in [6, 6.07) is -0.648. The second-order valence-corrected chi connectivity index (χ2v) is 2.00. The van der Waals surface area contributed by atoms with Gasteiger partial charge in [-0.25, -0.2) is 0 Å². The Morgan fingerprint density at radius 1 is 1.67 bits per heavy atom. The van der Waals surface area contributed by atoms with E-state index >= 15 is 0 Å². The van der Waals surface area contributed by atoms with Gasteiger partial charge in [0.1, 0.15) is 6.04 Å². The van der Waals surface area contributed by atoms with E-state index < -0.39 is 6.04 Å². The van der Waals surface area contributed by atoms with Crippen molar-refractivity contribution in [3.05, 3.63) is 4.91 Å². The fraction of sp³-hybridized carbons (Fsp3) is 0.833. The normalized spacial score (nSPS) is 12.7. The van der Waals surface area contributed by atoms with Crippen molar-refractivity contribution in [2.24, 2.45) is 5.18 Å². The number of hydrogen-bond donors (Lipinski definition) is 0. The molecule has 0 amide bonds. The number of Topliss-reactive ketones (excluding diaryl/α,β-unsaturated/α-hetero) is 1. The fourth-order valence-corrected chi connectivity index (χ4v) is 0.514. The van der Waals surface area contributed by atoms with Crippen LogP contribution >= 0.6 is 0 Å². The summed E-state index contributed by atoms with van der Waals surface area (Å²) in [6.07, 6.45) is 1.26. The molecule has 0 spiro atoms. The van der Waals surface area contributed by atoms with Crippen LogP contribution in [0.25, 0.3) is 0 Å². The van der Waals surface area contributed by atoms with E-state index in [1.807, 2.05) is 6.92 Å². The van der Waals surface area contributed by atoms with Crippen molar-refractivity contribution < 1.29 is 4.79 Å². The molecule has 0 saturated heterocycles. The van der Waals surface area contributed by atoms with E-state index in [0.29, 0.717) is 6.42 Å². The Bertz CT molecular complexity index is 112. The van der Waals surface area contributed by atoms with E-state index in [9.17, 15) is 9.70 Å². The van der Waals surface area contributed by atoms with Crippen molar-refractivity contribution >= 4 is 5.78 Å². The Hall–Kier alpha value is -0.730. The molecule has 0 bridgehead atoms. The van der Waals surface area contributed by atoms with Crippen molar-refractivity contribution in [2.45, 2.75) is 32.7 Å². The minimum atomic E-state index is -0.648. The van der Waals surface area contributed by atoms with Crippen molar-refractivity contribution in [3.63, 3.8) is 0 Å². The zero-order chi connectivity index (χ0) is 7.28. The molecule has 52 valence electrons. The zero-order valence-corrected chi connectivity index (χ0v) is 5.76. The summed E-state index contributed by atoms with van der Waals surface area (Å²) in [5.74, 6) is -0.0625. The molecule has 0 fully saturated rings. The molecule has 0 aliphatic carbocycles. The Kier molecular flexibility index (Phi) is 3.84. The van der Waals surface area contributed by atoms with Gasteiger partial charge in [-0.05, 0) is 13.3 Å². The smallest absolute Gasteiger partial charge is 0.160 e. The molecule has 0 aromatic heterocycles. The summed E-state index contributed by atoms with van der Waals surface area (Å²) < 4.78 is 0. The quantitative estimate of drug-likeness (QED) is 0.540. The highest BCUT2D eigenvalue weighted by Crippen LogP contribution is 1.97. The van der Waals surface area contributed by atoms with Gasteiger partial charge in [0, 0.05) is 6.42 Å². The Labute approximate surface area is 54.4 Å². The second kappa shape index (κ2) is 4.18. The molecule has 0 rings (SSSR count). The topological polar surface area (TPSA) is 46.5 Å². The Morgan fingerprint density at radius 2 is 2.22 bits per heavy atom. The molecule has 9 heavy (non-hydrogen) atoms. The first-order chi connectivity index (χ1) is 4.22. The van der Waals surface area contributed by atoms with Crippen LogP contribution in [0.15, 0.2) is 5.18 Å². The highest BCUT2D eigenvalue weighted by Gasteiger charge is 2.09. The second-order valence-electron chi connectivity index (χ2n) is 2.00. The first-order valence-corrected chi connectivity index (χ1v) is 3.07. The summed E-state index contributed by atoms with van der Waals surface area (Å²) in [4.78, 5) is 20.4. The number of nitrogens with zero attached hydrogens (tertiary/aromatic N) is 1. The number of hydrogen-bond acceptors (Lipinski definition) is 3. The van der Waals surface area contributed by atoms with Gasteiger partial charge in [0.05, 0.1) is 0 Å². The Morgan fingerprint density at radius 3 is 2.56 bits per heavy atom. The van der Waals surface area contributed by atoms with Crippen LogP contribution in [0.5, 0.6) is 0 Å². The minimum Gasteiger partial charge on any atom is -0.297 e. The van der Waals surface area contributed by atoms with Gasteiger partial charge >= 0.3 is 0 Å². The maximum Gasteiger partial charge on any atom is 0.160 e. The maximum atomic E-state index is 10.7. The van der Waals surface area contributed by atoms with E-state index in [1.54, 1.807) is 0 Å². The fourth-order valence-electron chi connectivity index (χ4n) is 0.514. The van der Waals surface area contributed by atoms with Gasteiger partial charge in [-0.15, -0.1) is 0 Å². The predicted molar refractivity (Wildman–Crippen MR) is 35.2 cm³/mol. The number of ketones is 1. The highest BCUT2D eigenvalue weighted by atomic mass is 16.3. The third-order valence-electron chi connectivity index (χ3n) is 1.12. The molecule has 0 N–H and O–H groups in total. The van der Waals surface area contributed by atoms with Crippen LogP contribution in [0.4, 0.5) is 0 Å². The van der Waals surface area contributed by atoms with Crippen LogP contribution in [-0.4, -0.2) is 11.8 Å². The number of nitroso groups, excluding NO2 is 1. The lowest BCUT2D eigenvalue weighted by molar-refractivity contribution is -0.119. The molecule has 3 nitrogen and oxygen atoms in total. The largest absolute Gasteiger partial charge is 0.297 e. The number of rotatable bonds is 4. The average molecular weight is 129 g/mol. The molecule has 3 heteroatoms. The molecule has 0 aromatic carbocycles. The van der Waals surface area contributed by atoms with Gasteiger partial charge in [0.25, 0.3) is 0 Å². The molecule has 0 radical (unpaired) electrons. The van der Waals surface area contributed by atoms with Gasteiger partial charge in [-0.1, -0.05) is 12.1 Å². The lowest BCUT2D eigenvalue weighted by atomic mass is 10.1. The molecule has 0 heterocycles. The highest BCUT2D eigenvalue weighted by molar-refractivity contribution is 5.83. The van der Waals surface area contributed by atoms with E-state index in [4.69, 9.17) is 0 Å². The third kappa shape index (κ3) is 2.95. The Balaban J connectivity index is 3.58. The van der Waals surface area contributed by atoms with Gasteiger partial charge in [0.15, 0.2) is 5.78 Å². The SMILES string of the molecule is CCCC(=O)C(C)N=O. The summed E-state index contributed by atoms with van der Waals surface area (Å²) in [5.41, 5.74) is 0. The first kappa shape index (κ1) is 8.27. The molecule has 0 saturated carbocycles.